The molecule has 9 heteroatoms. The first-order valence-corrected chi connectivity index (χ1v) is 12.4. The van der Waals surface area contributed by atoms with Crippen molar-refractivity contribution in [1.29, 1.82) is 5.26 Å². The van der Waals surface area contributed by atoms with Crippen LogP contribution in [0.25, 0.3) is 10.9 Å². The number of nitriles is 1. The number of ether oxygens (including phenoxy) is 1. The Morgan fingerprint density at radius 1 is 1.16 bits per heavy atom. The van der Waals surface area contributed by atoms with Crippen molar-refractivity contribution < 1.29 is 19.1 Å². The number of aromatic amines is 1. The molecule has 4 N–H and O–H groups in total. The molecule has 37 heavy (non-hydrogen) atoms. The van der Waals surface area contributed by atoms with Gasteiger partial charge < -0.3 is 25.7 Å². The van der Waals surface area contributed by atoms with Crippen LogP contribution in [0.3, 0.4) is 0 Å². The third-order valence-electron chi connectivity index (χ3n) is 7.17. The predicted octanol–water partition coefficient (Wildman–Crippen LogP) is 3.52. The van der Waals surface area contributed by atoms with Crippen LogP contribution in [0.4, 0.5) is 5.69 Å². The topological polar surface area (TPSA) is 136 Å². The minimum atomic E-state index is -0.884. The second-order valence-electron chi connectivity index (χ2n) is 9.81. The molecule has 2 unspecified atom stereocenters. The van der Waals surface area contributed by atoms with Gasteiger partial charge in [0.2, 0.25) is 11.8 Å². The Labute approximate surface area is 214 Å². The number of aromatic nitrogens is 1. The largest absolute Gasteiger partial charge is 0.496 e. The first-order valence-electron chi connectivity index (χ1n) is 12.4. The summed E-state index contributed by atoms with van der Waals surface area (Å²) in [5, 5.41) is 19.1. The van der Waals surface area contributed by atoms with Gasteiger partial charge in [-0.2, -0.15) is 5.26 Å². The second kappa shape index (κ2) is 9.97. The van der Waals surface area contributed by atoms with Gasteiger partial charge in [0.15, 0.2) is 0 Å². The smallest absolute Gasteiger partial charge is 0.268 e. The third-order valence-corrected chi connectivity index (χ3v) is 7.17. The van der Waals surface area contributed by atoms with Crippen molar-refractivity contribution in [1.82, 2.24) is 15.6 Å². The van der Waals surface area contributed by atoms with E-state index in [0.29, 0.717) is 23.8 Å². The van der Waals surface area contributed by atoms with E-state index in [0.717, 1.165) is 40.6 Å². The van der Waals surface area contributed by atoms with Crippen LogP contribution in [0.5, 0.6) is 5.75 Å². The molecule has 2 aromatic carbocycles. The van der Waals surface area contributed by atoms with Crippen molar-refractivity contribution in [2.75, 3.05) is 12.4 Å². The summed E-state index contributed by atoms with van der Waals surface area (Å²) in [6.07, 6.45) is 2.65. The molecule has 2 aliphatic rings. The van der Waals surface area contributed by atoms with Crippen molar-refractivity contribution in [2.45, 2.75) is 50.6 Å². The van der Waals surface area contributed by atoms with E-state index in [1.165, 1.54) is 0 Å². The molecule has 0 spiro atoms. The molecule has 5 rings (SSSR count). The molecule has 3 amide bonds. The number of carbonyl (C=O) groups is 3. The molecule has 3 aromatic rings. The first kappa shape index (κ1) is 24.4. The van der Waals surface area contributed by atoms with Crippen LogP contribution in [0, 0.1) is 24.2 Å². The maximum Gasteiger partial charge on any atom is 0.268 e. The highest BCUT2D eigenvalue weighted by Gasteiger charge is 2.36. The zero-order valence-corrected chi connectivity index (χ0v) is 20.8. The Balaban J connectivity index is 1.30. The van der Waals surface area contributed by atoms with Gasteiger partial charge >= 0.3 is 0 Å². The Kier molecular flexibility index (Phi) is 6.57. The lowest BCUT2D eigenvalue weighted by atomic mass is 9.90. The molecule has 190 valence electrons. The Morgan fingerprint density at radius 2 is 1.95 bits per heavy atom. The highest BCUT2D eigenvalue weighted by molar-refractivity contribution is 6.04. The van der Waals surface area contributed by atoms with Gasteiger partial charge in [-0.25, -0.2) is 0 Å². The van der Waals surface area contributed by atoms with E-state index in [2.05, 4.69) is 27.0 Å². The lowest BCUT2D eigenvalue weighted by Gasteiger charge is -2.21. The van der Waals surface area contributed by atoms with Gasteiger partial charge in [0, 0.05) is 16.6 Å². The van der Waals surface area contributed by atoms with Crippen LogP contribution < -0.4 is 20.7 Å². The minimum absolute atomic E-state index is 0.151. The van der Waals surface area contributed by atoms with Gasteiger partial charge in [-0.15, -0.1) is 0 Å². The van der Waals surface area contributed by atoms with E-state index in [-0.39, 0.29) is 12.3 Å². The van der Waals surface area contributed by atoms with Crippen LogP contribution in [0.15, 0.2) is 42.5 Å². The molecule has 0 bridgehead atoms. The quantitative estimate of drug-likeness (QED) is 0.357. The highest BCUT2D eigenvalue weighted by atomic mass is 16.5. The summed E-state index contributed by atoms with van der Waals surface area (Å²) in [5.41, 5.74) is 3.63. The van der Waals surface area contributed by atoms with E-state index >= 15 is 0 Å². The number of H-pyrrole nitrogens is 1. The normalized spacial score (nSPS) is 17.9. The summed E-state index contributed by atoms with van der Waals surface area (Å²) in [6.45, 7) is 1.92. The van der Waals surface area contributed by atoms with Gasteiger partial charge in [0.1, 0.15) is 23.5 Å². The summed E-state index contributed by atoms with van der Waals surface area (Å²) in [4.78, 5) is 42.1. The molecular formula is C28H29N5O4. The predicted molar refractivity (Wildman–Crippen MR) is 138 cm³/mol. The average Bonchev–Trinajstić information content (AvgIpc) is 3.49. The standard InChI is InChI=1S/C28H29N5O4/c1-15-5-3-7-21-25(15)19(26(34)32-21)12-17(14-29)30-27(35)22(11-16-9-10-16)33-28(36)23-13-18-20(31-23)6-4-8-24(18)37-2/h3-8,13,16-17,19,22,31H,9-12H2,1-2H3,(H,30,35)(H,32,34)(H,33,36)/t17-,19?,22?/m0/s1. The number of hydrogen-bond donors (Lipinski definition) is 4. The zero-order valence-electron chi connectivity index (χ0n) is 20.8. The average molecular weight is 500 g/mol. The lowest BCUT2D eigenvalue weighted by Crippen LogP contribution is -2.50. The summed E-state index contributed by atoms with van der Waals surface area (Å²) in [6, 6.07) is 13.3. The van der Waals surface area contributed by atoms with Gasteiger partial charge in [-0.1, -0.05) is 31.0 Å². The first-order chi connectivity index (χ1) is 17.9. The summed E-state index contributed by atoms with van der Waals surface area (Å²) >= 11 is 0. The molecule has 1 aliphatic heterocycles. The number of anilines is 1. The molecule has 3 atom stereocenters. The number of aryl methyl sites for hydroxylation is 1. The number of nitrogens with zero attached hydrogens (tertiary/aromatic N) is 1. The molecule has 2 heterocycles. The van der Waals surface area contributed by atoms with Gasteiger partial charge in [-0.05, 0) is 61.1 Å². The van der Waals surface area contributed by atoms with E-state index in [1.54, 1.807) is 13.2 Å². The van der Waals surface area contributed by atoms with E-state index in [9.17, 15) is 19.6 Å². The molecule has 1 aromatic heterocycles. The molecule has 9 nitrogen and oxygen atoms in total. The van der Waals surface area contributed by atoms with Crippen molar-refractivity contribution in [2.24, 2.45) is 5.92 Å². The van der Waals surface area contributed by atoms with Gasteiger partial charge in [0.25, 0.3) is 5.91 Å². The van der Waals surface area contributed by atoms with Crippen LogP contribution in [-0.2, 0) is 9.59 Å². The minimum Gasteiger partial charge on any atom is -0.496 e. The summed E-state index contributed by atoms with van der Waals surface area (Å²) < 4.78 is 5.37. The van der Waals surface area contributed by atoms with Crippen LogP contribution >= 0.6 is 0 Å². The summed E-state index contributed by atoms with van der Waals surface area (Å²) in [7, 11) is 1.57. The fraction of sp³-hybridized carbons (Fsp3) is 0.357. The van der Waals surface area contributed by atoms with Crippen molar-refractivity contribution in [3.05, 3.63) is 59.3 Å². The fourth-order valence-corrected chi connectivity index (χ4v) is 5.06. The van der Waals surface area contributed by atoms with E-state index in [4.69, 9.17) is 4.74 Å². The maximum absolute atomic E-state index is 13.3. The SMILES string of the molecule is COc1cccc2[nH]c(C(=O)NC(CC3CC3)C(=O)N[C@H](C#N)CC3C(=O)Nc4cccc(C)c43)cc12. The monoisotopic (exact) mass is 499 g/mol. The van der Waals surface area contributed by atoms with Crippen molar-refractivity contribution in [3.8, 4) is 11.8 Å². The van der Waals surface area contributed by atoms with Crippen LogP contribution in [0.2, 0.25) is 0 Å². The summed E-state index contributed by atoms with van der Waals surface area (Å²) in [5.74, 6) is -0.551. The van der Waals surface area contributed by atoms with E-state index in [1.807, 2.05) is 43.3 Å². The zero-order chi connectivity index (χ0) is 26.1. The molecular weight excluding hydrogens is 470 g/mol. The molecule has 1 fully saturated rings. The Bertz CT molecular complexity index is 1420. The number of carbonyl (C=O) groups excluding carboxylic acids is 3. The van der Waals surface area contributed by atoms with E-state index < -0.39 is 29.8 Å². The number of rotatable bonds is 9. The molecule has 1 aliphatic carbocycles. The lowest BCUT2D eigenvalue weighted by molar-refractivity contribution is -0.124. The fourth-order valence-electron chi connectivity index (χ4n) is 5.06. The highest BCUT2D eigenvalue weighted by Crippen LogP contribution is 2.38. The molecule has 0 radical (unpaired) electrons. The number of methoxy groups -OCH3 is 1. The number of nitrogens with one attached hydrogen (secondary N) is 4. The second-order valence-corrected chi connectivity index (χ2v) is 9.81. The number of hydrogen-bond acceptors (Lipinski definition) is 5. The number of amides is 3. The third kappa shape index (κ3) is 5.00. The van der Waals surface area contributed by atoms with Crippen LogP contribution in [-0.4, -0.2) is 41.9 Å². The van der Waals surface area contributed by atoms with Gasteiger partial charge in [-0.3, -0.25) is 14.4 Å². The maximum atomic E-state index is 13.3. The molecule has 1 saturated carbocycles. The van der Waals surface area contributed by atoms with Crippen LogP contribution in [0.1, 0.15) is 53.2 Å². The number of benzene rings is 2. The van der Waals surface area contributed by atoms with Gasteiger partial charge in [0.05, 0.1) is 19.1 Å². The molecule has 0 saturated heterocycles. The van der Waals surface area contributed by atoms with Crippen molar-refractivity contribution >= 4 is 34.3 Å². The van der Waals surface area contributed by atoms with Crippen molar-refractivity contribution in [3.63, 3.8) is 0 Å². The Hall–Kier alpha value is -4.32. The number of fused-ring (bicyclic) bond motifs is 2. The Morgan fingerprint density at radius 3 is 2.68 bits per heavy atom.